The lowest BCUT2D eigenvalue weighted by Gasteiger charge is -2.06. The van der Waals surface area contributed by atoms with E-state index in [-0.39, 0.29) is 18.6 Å². The van der Waals surface area contributed by atoms with Crippen LogP contribution in [-0.2, 0) is 23.9 Å². The summed E-state index contributed by atoms with van der Waals surface area (Å²) in [5.74, 6) is -0.739. The molecule has 0 saturated carbocycles. The molecule has 7 nitrogen and oxygen atoms in total. The van der Waals surface area contributed by atoms with Crippen molar-refractivity contribution in [3.63, 3.8) is 0 Å². The van der Waals surface area contributed by atoms with Gasteiger partial charge in [-0.1, -0.05) is 18.7 Å². The van der Waals surface area contributed by atoms with Gasteiger partial charge in [-0.2, -0.15) is 0 Å². The lowest BCUT2D eigenvalue weighted by atomic mass is 10.1. The minimum absolute atomic E-state index is 0.0404. The van der Waals surface area contributed by atoms with E-state index in [1.54, 1.807) is 13.2 Å². The standard InChI is InChI=1S/C22H28O7/c1-17(15-19(24)16-23)22(26)29-14-6-4-3-5-13-28-21(25)12-9-18-7-10-20(27-2)11-8-18/h7-12,23H,1,3-6,13-16H2,2H3/b12-9+. The number of ether oxygens (including phenoxy) is 3. The van der Waals surface area contributed by atoms with Gasteiger partial charge < -0.3 is 19.3 Å². The molecule has 0 aliphatic rings. The molecule has 0 spiro atoms. The Kier molecular flexibility index (Phi) is 11.7. The molecule has 0 fully saturated rings. The average molecular weight is 404 g/mol. The molecule has 0 aliphatic heterocycles. The van der Waals surface area contributed by atoms with Crippen LogP contribution in [0.3, 0.4) is 0 Å². The fourth-order valence-corrected chi connectivity index (χ4v) is 2.29. The maximum absolute atomic E-state index is 11.7. The molecule has 0 atom stereocenters. The summed E-state index contributed by atoms with van der Waals surface area (Å²) in [6, 6.07) is 7.31. The largest absolute Gasteiger partial charge is 0.497 e. The maximum Gasteiger partial charge on any atom is 0.333 e. The van der Waals surface area contributed by atoms with Crippen LogP contribution in [-0.4, -0.2) is 49.8 Å². The molecule has 0 amide bonds. The van der Waals surface area contributed by atoms with Gasteiger partial charge in [0.15, 0.2) is 5.78 Å². The summed E-state index contributed by atoms with van der Waals surface area (Å²) < 4.78 is 15.2. The first-order valence-electron chi connectivity index (χ1n) is 9.42. The van der Waals surface area contributed by atoms with Crippen LogP contribution in [0.4, 0.5) is 0 Å². The molecule has 0 saturated heterocycles. The highest BCUT2D eigenvalue weighted by molar-refractivity contribution is 5.95. The number of rotatable bonds is 14. The van der Waals surface area contributed by atoms with Gasteiger partial charge in [-0.15, -0.1) is 0 Å². The second-order valence-electron chi connectivity index (χ2n) is 6.30. The van der Waals surface area contributed by atoms with E-state index in [1.165, 1.54) is 6.08 Å². The number of hydrogen-bond donors (Lipinski definition) is 1. The van der Waals surface area contributed by atoms with Crippen molar-refractivity contribution in [1.29, 1.82) is 0 Å². The lowest BCUT2D eigenvalue weighted by Crippen LogP contribution is -2.13. The van der Waals surface area contributed by atoms with Crippen molar-refractivity contribution < 1.29 is 33.7 Å². The number of methoxy groups -OCH3 is 1. The van der Waals surface area contributed by atoms with Crippen molar-refractivity contribution in [3.05, 3.63) is 48.1 Å². The van der Waals surface area contributed by atoms with Crippen LogP contribution >= 0.6 is 0 Å². The van der Waals surface area contributed by atoms with E-state index < -0.39 is 24.3 Å². The molecule has 1 N–H and O–H groups in total. The molecule has 1 rings (SSSR count). The predicted molar refractivity (Wildman–Crippen MR) is 108 cm³/mol. The van der Waals surface area contributed by atoms with Gasteiger partial charge in [-0.25, -0.2) is 9.59 Å². The third-order valence-electron chi connectivity index (χ3n) is 3.92. The van der Waals surface area contributed by atoms with Gasteiger partial charge in [0.05, 0.1) is 20.3 Å². The normalized spacial score (nSPS) is 10.6. The van der Waals surface area contributed by atoms with Crippen molar-refractivity contribution in [2.24, 2.45) is 0 Å². The number of carbonyl (C=O) groups is 3. The van der Waals surface area contributed by atoms with E-state index in [0.717, 1.165) is 24.2 Å². The summed E-state index contributed by atoms with van der Waals surface area (Å²) in [6.07, 6.45) is 5.89. The Bertz CT molecular complexity index is 704. The molecule has 0 heterocycles. The summed E-state index contributed by atoms with van der Waals surface area (Å²) in [4.78, 5) is 34.3. The number of aliphatic hydroxyl groups is 1. The number of benzene rings is 1. The summed E-state index contributed by atoms with van der Waals surface area (Å²) in [7, 11) is 1.59. The first-order chi connectivity index (χ1) is 14.0. The van der Waals surface area contributed by atoms with Crippen LogP contribution < -0.4 is 4.74 Å². The smallest absolute Gasteiger partial charge is 0.333 e. The van der Waals surface area contributed by atoms with Crippen LogP contribution in [0.2, 0.25) is 0 Å². The van der Waals surface area contributed by atoms with E-state index in [2.05, 4.69) is 6.58 Å². The fourth-order valence-electron chi connectivity index (χ4n) is 2.29. The van der Waals surface area contributed by atoms with Crippen molar-refractivity contribution in [2.45, 2.75) is 32.1 Å². The number of ketones is 1. The molecular formula is C22H28O7. The van der Waals surface area contributed by atoms with Gasteiger partial charge in [0.2, 0.25) is 0 Å². The van der Waals surface area contributed by atoms with Gasteiger partial charge in [-0.05, 0) is 49.5 Å². The maximum atomic E-state index is 11.7. The molecule has 7 heteroatoms. The van der Waals surface area contributed by atoms with Crippen LogP contribution in [0.25, 0.3) is 6.08 Å². The van der Waals surface area contributed by atoms with Crippen molar-refractivity contribution in [3.8, 4) is 5.75 Å². The lowest BCUT2D eigenvalue weighted by molar-refractivity contribution is -0.140. The molecule has 1 aromatic rings. The molecule has 0 bridgehead atoms. The Labute approximate surface area is 171 Å². The van der Waals surface area contributed by atoms with E-state index in [1.807, 2.05) is 24.3 Å². The van der Waals surface area contributed by atoms with E-state index >= 15 is 0 Å². The fraction of sp³-hybridized carbons (Fsp3) is 0.409. The second kappa shape index (κ2) is 14.1. The zero-order valence-electron chi connectivity index (χ0n) is 16.7. The average Bonchev–Trinajstić information content (AvgIpc) is 2.73. The minimum Gasteiger partial charge on any atom is -0.497 e. The van der Waals surface area contributed by atoms with Crippen molar-refractivity contribution in [2.75, 3.05) is 26.9 Å². The molecule has 158 valence electrons. The number of unbranched alkanes of at least 4 members (excludes halogenated alkanes) is 3. The molecule has 1 aromatic carbocycles. The topological polar surface area (TPSA) is 99.1 Å². The molecule has 0 aliphatic carbocycles. The Morgan fingerprint density at radius 1 is 1.00 bits per heavy atom. The molecule has 0 unspecified atom stereocenters. The zero-order chi connectivity index (χ0) is 21.5. The Balaban J connectivity index is 2.06. The van der Waals surface area contributed by atoms with Gasteiger partial charge in [0.1, 0.15) is 12.4 Å². The molecule has 0 radical (unpaired) electrons. The van der Waals surface area contributed by atoms with E-state index in [4.69, 9.17) is 19.3 Å². The molecular weight excluding hydrogens is 376 g/mol. The monoisotopic (exact) mass is 404 g/mol. The Morgan fingerprint density at radius 3 is 2.21 bits per heavy atom. The number of carbonyl (C=O) groups excluding carboxylic acids is 3. The van der Waals surface area contributed by atoms with Crippen molar-refractivity contribution in [1.82, 2.24) is 0 Å². The minimum atomic E-state index is -0.621. The van der Waals surface area contributed by atoms with Gasteiger partial charge >= 0.3 is 11.9 Å². The Hall–Kier alpha value is -2.93. The van der Waals surface area contributed by atoms with Gasteiger partial charge in [0, 0.05) is 18.1 Å². The zero-order valence-corrected chi connectivity index (χ0v) is 16.7. The highest BCUT2D eigenvalue weighted by Gasteiger charge is 2.12. The van der Waals surface area contributed by atoms with E-state index in [0.29, 0.717) is 19.4 Å². The van der Waals surface area contributed by atoms with Crippen molar-refractivity contribution >= 4 is 23.8 Å². The van der Waals surface area contributed by atoms with Gasteiger partial charge in [0.25, 0.3) is 0 Å². The highest BCUT2D eigenvalue weighted by Crippen LogP contribution is 2.12. The van der Waals surface area contributed by atoms with Crippen LogP contribution in [0.15, 0.2) is 42.5 Å². The number of aliphatic hydroxyl groups excluding tert-OH is 1. The summed E-state index contributed by atoms with van der Waals surface area (Å²) in [5, 5.41) is 8.63. The summed E-state index contributed by atoms with van der Waals surface area (Å²) >= 11 is 0. The number of hydrogen-bond acceptors (Lipinski definition) is 7. The molecule has 0 aromatic heterocycles. The van der Waals surface area contributed by atoms with Gasteiger partial charge in [-0.3, -0.25) is 4.79 Å². The third kappa shape index (κ3) is 10.8. The van der Waals surface area contributed by atoms with Crippen LogP contribution in [0.5, 0.6) is 5.75 Å². The van der Waals surface area contributed by atoms with E-state index in [9.17, 15) is 14.4 Å². The third-order valence-corrected chi connectivity index (χ3v) is 3.92. The first kappa shape index (κ1) is 24.1. The Morgan fingerprint density at radius 2 is 1.62 bits per heavy atom. The number of Topliss-reactive ketones (excluding diaryl/α,β-unsaturated/α-hetero) is 1. The first-order valence-corrected chi connectivity index (χ1v) is 9.42. The highest BCUT2D eigenvalue weighted by atomic mass is 16.5. The van der Waals surface area contributed by atoms with Crippen LogP contribution in [0.1, 0.15) is 37.7 Å². The number of esters is 2. The second-order valence-corrected chi connectivity index (χ2v) is 6.30. The SMILES string of the molecule is C=C(CC(=O)CO)C(=O)OCCCCCCOC(=O)/C=C/c1ccc(OC)cc1. The quantitative estimate of drug-likeness (QED) is 0.289. The molecule has 29 heavy (non-hydrogen) atoms. The predicted octanol–water partition coefficient (Wildman–Crippen LogP) is 2.86. The van der Waals surface area contributed by atoms with Crippen LogP contribution in [0, 0.1) is 0 Å². The summed E-state index contributed by atoms with van der Waals surface area (Å²) in [6.45, 7) is 3.41. The summed E-state index contributed by atoms with van der Waals surface area (Å²) in [5.41, 5.74) is 0.916.